The molecule has 1 atom stereocenters. The number of nitrogens with zero attached hydrogens (tertiary/aromatic N) is 1. The van der Waals surface area contributed by atoms with E-state index in [9.17, 15) is 0 Å². The van der Waals surface area contributed by atoms with E-state index in [0.717, 1.165) is 25.2 Å². The lowest BCUT2D eigenvalue weighted by atomic mass is 9.92. The summed E-state index contributed by atoms with van der Waals surface area (Å²) in [5.74, 6) is 1.30. The van der Waals surface area contributed by atoms with Crippen molar-refractivity contribution in [2.75, 3.05) is 6.61 Å². The zero-order valence-corrected chi connectivity index (χ0v) is 20.1. The maximum absolute atomic E-state index is 5.90. The zero-order chi connectivity index (χ0) is 22.6. The van der Waals surface area contributed by atoms with E-state index >= 15 is 0 Å². The van der Waals surface area contributed by atoms with Crippen LogP contribution in [0.1, 0.15) is 88.5 Å². The van der Waals surface area contributed by atoms with Crippen molar-refractivity contribution in [3.05, 3.63) is 83.7 Å². The minimum atomic E-state index is 0.338. The summed E-state index contributed by atoms with van der Waals surface area (Å²) in [5, 5.41) is 0. The fourth-order valence-corrected chi connectivity index (χ4v) is 3.99. The van der Waals surface area contributed by atoms with E-state index in [1.807, 2.05) is 6.20 Å². The normalized spacial score (nSPS) is 12.0. The van der Waals surface area contributed by atoms with E-state index in [1.165, 1.54) is 66.5 Å². The first-order valence-electron chi connectivity index (χ1n) is 12.5. The summed E-state index contributed by atoms with van der Waals surface area (Å²) < 4.78 is 5.90. The highest BCUT2D eigenvalue weighted by molar-refractivity contribution is 5.64. The second kappa shape index (κ2) is 13.1. The quantitative estimate of drug-likeness (QED) is 0.254. The Morgan fingerprint density at radius 2 is 1.31 bits per heavy atom. The third-order valence-corrected chi connectivity index (χ3v) is 6.25. The van der Waals surface area contributed by atoms with Crippen molar-refractivity contribution in [1.29, 1.82) is 0 Å². The molecular formula is C30H39NO. The lowest BCUT2D eigenvalue weighted by Gasteiger charge is -2.14. The van der Waals surface area contributed by atoms with Crippen LogP contribution < -0.4 is 4.74 Å². The van der Waals surface area contributed by atoms with Crippen molar-refractivity contribution in [3.8, 4) is 16.9 Å². The number of aromatic nitrogens is 1. The fraction of sp³-hybridized carbons (Fsp3) is 0.433. The molecular weight excluding hydrogens is 390 g/mol. The van der Waals surface area contributed by atoms with Crippen molar-refractivity contribution in [2.45, 2.75) is 78.1 Å². The van der Waals surface area contributed by atoms with Crippen LogP contribution in [0, 0.1) is 0 Å². The van der Waals surface area contributed by atoms with E-state index in [2.05, 4.69) is 86.4 Å². The molecule has 0 N–H and O–H groups in total. The van der Waals surface area contributed by atoms with Crippen molar-refractivity contribution in [1.82, 2.24) is 4.98 Å². The van der Waals surface area contributed by atoms with Crippen LogP contribution in [0.5, 0.6) is 5.75 Å². The van der Waals surface area contributed by atoms with Gasteiger partial charge in [-0.25, -0.2) is 0 Å². The number of hydrogen-bond acceptors (Lipinski definition) is 2. The van der Waals surface area contributed by atoms with Crippen LogP contribution in [0.4, 0.5) is 0 Å². The maximum Gasteiger partial charge on any atom is 0.119 e. The summed E-state index contributed by atoms with van der Waals surface area (Å²) >= 11 is 0. The molecule has 0 aliphatic rings. The second-order valence-corrected chi connectivity index (χ2v) is 8.82. The Hall–Kier alpha value is -2.61. The average Bonchev–Trinajstić information content (AvgIpc) is 2.85. The van der Waals surface area contributed by atoms with E-state index in [4.69, 9.17) is 4.74 Å². The monoisotopic (exact) mass is 429 g/mol. The second-order valence-electron chi connectivity index (χ2n) is 8.82. The Morgan fingerprint density at radius 1 is 0.688 bits per heavy atom. The number of rotatable bonds is 13. The minimum absolute atomic E-state index is 0.338. The molecule has 1 heterocycles. The van der Waals surface area contributed by atoms with Gasteiger partial charge >= 0.3 is 0 Å². The molecule has 2 nitrogen and oxygen atoms in total. The van der Waals surface area contributed by atoms with Gasteiger partial charge in [-0.15, -0.1) is 0 Å². The van der Waals surface area contributed by atoms with Crippen LogP contribution in [0.25, 0.3) is 11.1 Å². The summed E-state index contributed by atoms with van der Waals surface area (Å²) in [5.41, 5.74) is 6.25. The molecule has 0 amide bonds. The number of hydrogen-bond donors (Lipinski definition) is 0. The van der Waals surface area contributed by atoms with Gasteiger partial charge in [-0.05, 0) is 59.7 Å². The number of ether oxygens (including phenoxy) is 1. The molecule has 170 valence electrons. The Morgan fingerprint density at radius 3 is 1.94 bits per heavy atom. The predicted molar refractivity (Wildman–Crippen MR) is 136 cm³/mol. The van der Waals surface area contributed by atoms with Gasteiger partial charge in [0.25, 0.3) is 0 Å². The zero-order valence-electron chi connectivity index (χ0n) is 20.1. The van der Waals surface area contributed by atoms with Gasteiger partial charge in [0, 0.05) is 17.8 Å². The molecule has 0 saturated carbocycles. The van der Waals surface area contributed by atoms with Crippen molar-refractivity contribution in [2.24, 2.45) is 0 Å². The Bertz CT molecular complexity index is 897. The number of benzene rings is 2. The van der Waals surface area contributed by atoms with Gasteiger partial charge in [0.05, 0.1) is 6.61 Å². The lowest BCUT2D eigenvalue weighted by Crippen LogP contribution is -1.99. The molecule has 32 heavy (non-hydrogen) atoms. The molecule has 3 aromatic rings. The lowest BCUT2D eigenvalue weighted by molar-refractivity contribution is 0.304. The highest BCUT2D eigenvalue weighted by atomic mass is 16.5. The molecule has 2 heteroatoms. The largest absolute Gasteiger partial charge is 0.494 e. The van der Waals surface area contributed by atoms with Gasteiger partial charge < -0.3 is 4.74 Å². The number of unbranched alkanes of at least 4 members (excludes halogenated alkanes) is 5. The molecule has 0 spiro atoms. The van der Waals surface area contributed by atoms with Crippen LogP contribution in [0.2, 0.25) is 0 Å². The molecule has 0 radical (unpaired) electrons. The minimum Gasteiger partial charge on any atom is -0.494 e. The summed E-state index contributed by atoms with van der Waals surface area (Å²) in [6, 6.07) is 21.8. The fourth-order valence-electron chi connectivity index (χ4n) is 3.99. The van der Waals surface area contributed by atoms with Gasteiger partial charge in [-0.1, -0.05) is 95.3 Å². The van der Waals surface area contributed by atoms with Gasteiger partial charge in [-0.2, -0.15) is 0 Å². The predicted octanol–water partition coefficient (Wildman–Crippen LogP) is 8.59. The third-order valence-electron chi connectivity index (χ3n) is 6.25. The Kier molecular flexibility index (Phi) is 9.81. The molecule has 3 rings (SSSR count). The van der Waals surface area contributed by atoms with Crippen LogP contribution in [-0.2, 0) is 6.42 Å². The average molecular weight is 430 g/mol. The Labute approximate surface area is 195 Å². The standard InChI is InChI=1S/C30H39NO/c1-4-6-8-9-10-22-32-30-20-17-27(18-21-30)26-14-12-25(13-15-26)24(3)28-16-19-29(31-23-28)11-7-5-2/h12-21,23-24H,4-11,22H2,1-3H3. The number of aryl methyl sites for hydroxylation is 1. The van der Waals surface area contributed by atoms with Crippen LogP contribution in [0.3, 0.4) is 0 Å². The van der Waals surface area contributed by atoms with Crippen molar-refractivity contribution >= 4 is 0 Å². The van der Waals surface area contributed by atoms with Gasteiger partial charge in [0.2, 0.25) is 0 Å². The molecule has 0 aliphatic carbocycles. The highest BCUT2D eigenvalue weighted by Crippen LogP contribution is 2.28. The van der Waals surface area contributed by atoms with Gasteiger partial charge in [-0.3, -0.25) is 4.98 Å². The van der Waals surface area contributed by atoms with Gasteiger partial charge in [0.1, 0.15) is 5.75 Å². The van der Waals surface area contributed by atoms with E-state index in [1.54, 1.807) is 0 Å². The molecule has 1 unspecified atom stereocenters. The molecule has 2 aromatic carbocycles. The summed E-state index contributed by atoms with van der Waals surface area (Å²) in [6.45, 7) is 7.53. The number of pyridine rings is 1. The van der Waals surface area contributed by atoms with E-state index < -0.39 is 0 Å². The first-order valence-corrected chi connectivity index (χ1v) is 12.5. The van der Waals surface area contributed by atoms with Crippen LogP contribution >= 0.6 is 0 Å². The molecule has 0 fully saturated rings. The maximum atomic E-state index is 5.90. The third kappa shape index (κ3) is 7.22. The molecule has 0 aliphatic heterocycles. The highest BCUT2D eigenvalue weighted by Gasteiger charge is 2.10. The van der Waals surface area contributed by atoms with E-state index in [-0.39, 0.29) is 0 Å². The molecule has 1 aromatic heterocycles. The summed E-state index contributed by atoms with van der Waals surface area (Å²) in [4.78, 5) is 4.66. The van der Waals surface area contributed by atoms with Gasteiger partial charge in [0.15, 0.2) is 0 Å². The summed E-state index contributed by atoms with van der Waals surface area (Å²) in [6.07, 6.45) is 11.9. The van der Waals surface area contributed by atoms with E-state index in [0.29, 0.717) is 5.92 Å². The van der Waals surface area contributed by atoms with Crippen molar-refractivity contribution < 1.29 is 4.74 Å². The smallest absolute Gasteiger partial charge is 0.119 e. The van der Waals surface area contributed by atoms with Crippen LogP contribution in [0.15, 0.2) is 66.9 Å². The van der Waals surface area contributed by atoms with Crippen LogP contribution in [-0.4, -0.2) is 11.6 Å². The molecule has 0 bridgehead atoms. The topological polar surface area (TPSA) is 22.1 Å². The first kappa shape index (κ1) is 24.0. The Balaban J connectivity index is 1.54. The van der Waals surface area contributed by atoms with Crippen molar-refractivity contribution in [3.63, 3.8) is 0 Å². The molecule has 0 saturated heterocycles. The first-order chi connectivity index (χ1) is 15.7. The SMILES string of the molecule is CCCCCCCOc1ccc(-c2ccc(C(C)c3ccc(CCCC)nc3)cc2)cc1. The summed E-state index contributed by atoms with van der Waals surface area (Å²) in [7, 11) is 0.